The van der Waals surface area contributed by atoms with Crippen molar-refractivity contribution < 1.29 is 0 Å². The summed E-state index contributed by atoms with van der Waals surface area (Å²) < 4.78 is 0. The van der Waals surface area contributed by atoms with Crippen LogP contribution in [0.15, 0.2) is 0 Å². The molecule has 12 heavy (non-hydrogen) atoms. The van der Waals surface area contributed by atoms with Gasteiger partial charge in [0.1, 0.15) is 0 Å². The largest absolute Gasteiger partial charge is 0.330 e. The van der Waals surface area contributed by atoms with E-state index in [2.05, 4.69) is 0 Å². The lowest BCUT2D eigenvalue weighted by molar-refractivity contribution is 0.438. The molecule has 0 aromatic heterocycles. The molecule has 0 amide bonds. The summed E-state index contributed by atoms with van der Waals surface area (Å²) in [6, 6.07) is 0. The van der Waals surface area contributed by atoms with Crippen LogP contribution in [0, 0.1) is 23.7 Å². The van der Waals surface area contributed by atoms with Crippen LogP contribution in [-0.4, -0.2) is 13.1 Å². The number of fused-ring (bicyclic) bond motifs is 1. The molecule has 0 saturated heterocycles. The van der Waals surface area contributed by atoms with Gasteiger partial charge in [-0.25, -0.2) is 0 Å². The van der Waals surface area contributed by atoms with Crippen molar-refractivity contribution in [3.63, 3.8) is 0 Å². The normalized spacial score (nSPS) is 46.5. The minimum Gasteiger partial charge on any atom is -0.330 e. The molecule has 2 heteroatoms. The summed E-state index contributed by atoms with van der Waals surface area (Å²) in [4.78, 5) is 0. The number of nitrogens with two attached hydrogens (primary N) is 2. The van der Waals surface area contributed by atoms with Gasteiger partial charge in [0, 0.05) is 0 Å². The van der Waals surface area contributed by atoms with Gasteiger partial charge in [0.2, 0.25) is 0 Å². The Labute approximate surface area is 74.7 Å². The number of hydrogen-bond acceptors (Lipinski definition) is 2. The molecule has 0 aromatic carbocycles. The zero-order valence-corrected chi connectivity index (χ0v) is 7.71. The van der Waals surface area contributed by atoms with E-state index in [-0.39, 0.29) is 0 Å². The molecule has 0 unspecified atom stereocenters. The van der Waals surface area contributed by atoms with E-state index in [0.29, 0.717) is 0 Å². The van der Waals surface area contributed by atoms with Crippen LogP contribution in [0.4, 0.5) is 0 Å². The van der Waals surface area contributed by atoms with Crippen molar-refractivity contribution in [1.29, 1.82) is 0 Å². The molecule has 2 nitrogen and oxygen atoms in total. The molecule has 0 spiro atoms. The maximum atomic E-state index is 5.68. The van der Waals surface area contributed by atoms with E-state index in [0.717, 1.165) is 36.8 Å². The molecule has 2 rings (SSSR count). The van der Waals surface area contributed by atoms with Crippen LogP contribution in [-0.2, 0) is 0 Å². The van der Waals surface area contributed by atoms with Crippen molar-refractivity contribution in [3.8, 4) is 0 Å². The lowest BCUT2D eigenvalue weighted by Gasteiger charge is -2.10. The first kappa shape index (κ1) is 8.52. The summed E-state index contributed by atoms with van der Waals surface area (Å²) in [6.45, 7) is 1.81. The maximum Gasteiger partial charge on any atom is -0.00487 e. The molecule has 2 aliphatic carbocycles. The fraction of sp³-hybridized carbons (Fsp3) is 1.00. The Morgan fingerprint density at radius 1 is 0.750 bits per heavy atom. The summed E-state index contributed by atoms with van der Waals surface area (Å²) in [5.74, 6) is 3.62. The Balaban J connectivity index is 1.89. The fourth-order valence-electron chi connectivity index (χ4n) is 3.25. The Bertz CT molecular complexity index is 128. The van der Waals surface area contributed by atoms with Crippen LogP contribution in [0.25, 0.3) is 0 Å². The highest BCUT2D eigenvalue weighted by atomic mass is 14.6. The first-order valence-corrected chi connectivity index (χ1v) is 5.23. The van der Waals surface area contributed by atoms with Gasteiger partial charge in [-0.15, -0.1) is 0 Å². The molecule has 0 aromatic rings. The quantitative estimate of drug-likeness (QED) is 0.645. The van der Waals surface area contributed by atoms with Gasteiger partial charge in [0.25, 0.3) is 0 Å². The van der Waals surface area contributed by atoms with E-state index in [1.807, 2.05) is 0 Å². The second-order valence-corrected chi connectivity index (χ2v) is 4.67. The molecule has 2 saturated carbocycles. The maximum absolute atomic E-state index is 5.68. The van der Waals surface area contributed by atoms with E-state index in [9.17, 15) is 0 Å². The molecular weight excluding hydrogens is 148 g/mol. The van der Waals surface area contributed by atoms with Gasteiger partial charge in [-0.3, -0.25) is 0 Å². The summed E-state index contributed by atoms with van der Waals surface area (Å²) in [5, 5.41) is 0. The van der Waals surface area contributed by atoms with E-state index in [1.165, 1.54) is 25.7 Å². The van der Waals surface area contributed by atoms with Crippen molar-refractivity contribution in [1.82, 2.24) is 0 Å². The lowest BCUT2D eigenvalue weighted by Crippen LogP contribution is -2.15. The van der Waals surface area contributed by atoms with Gasteiger partial charge in [-0.2, -0.15) is 0 Å². The first-order valence-electron chi connectivity index (χ1n) is 5.23. The predicted molar refractivity (Wildman–Crippen MR) is 50.5 cm³/mol. The van der Waals surface area contributed by atoms with Gasteiger partial charge < -0.3 is 11.5 Å². The highest BCUT2D eigenvalue weighted by Crippen LogP contribution is 2.48. The Hall–Kier alpha value is -0.0800. The minimum atomic E-state index is 0.832. The minimum absolute atomic E-state index is 0.832. The van der Waals surface area contributed by atoms with Crippen LogP contribution >= 0.6 is 0 Å². The molecule has 0 atom stereocenters. The zero-order chi connectivity index (χ0) is 8.55. The summed E-state index contributed by atoms with van der Waals surface area (Å²) in [7, 11) is 0. The Morgan fingerprint density at radius 2 is 1.08 bits per heavy atom. The van der Waals surface area contributed by atoms with Gasteiger partial charge in [0.05, 0.1) is 0 Å². The van der Waals surface area contributed by atoms with Crippen LogP contribution in [0.1, 0.15) is 25.7 Å². The Kier molecular flexibility index (Phi) is 2.37. The van der Waals surface area contributed by atoms with Crippen molar-refractivity contribution in [2.24, 2.45) is 35.1 Å². The average molecular weight is 168 g/mol. The van der Waals surface area contributed by atoms with Crippen LogP contribution in [0.2, 0.25) is 0 Å². The molecule has 4 N–H and O–H groups in total. The molecule has 2 aliphatic rings. The second-order valence-electron chi connectivity index (χ2n) is 4.67. The van der Waals surface area contributed by atoms with Crippen LogP contribution < -0.4 is 11.5 Å². The standard InChI is InChI=1S/C10H20N2/c11-5-7-1-9-3-8(6-12)4-10(9)2-7/h7-10H,1-6,11-12H2. The van der Waals surface area contributed by atoms with Gasteiger partial charge in [-0.1, -0.05) is 0 Å². The Morgan fingerprint density at radius 3 is 1.33 bits per heavy atom. The summed E-state index contributed by atoms with van der Waals surface area (Å²) in [5.41, 5.74) is 11.4. The third-order valence-electron chi connectivity index (χ3n) is 3.88. The molecule has 0 aliphatic heterocycles. The molecule has 0 radical (unpaired) electrons. The monoisotopic (exact) mass is 168 g/mol. The molecule has 0 heterocycles. The third-order valence-corrected chi connectivity index (χ3v) is 3.88. The van der Waals surface area contributed by atoms with Crippen molar-refractivity contribution in [3.05, 3.63) is 0 Å². The molecular formula is C10H20N2. The van der Waals surface area contributed by atoms with E-state index < -0.39 is 0 Å². The first-order chi connectivity index (χ1) is 5.83. The van der Waals surface area contributed by atoms with Gasteiger partial charge >= 0.3 is 0 Å². The summed E-state index contributed by atoms with van der Waals surface area (Å²) in [6.07, 6.45) is 5.55. The highest BCUT2D eigenvalue weighted by molar-refractivity contribution is 4.91. The zero-order valence-electron chi connectivity index (χ0n) is 7.71. The topological polar surface area (TPSA) is 52.0 Å². The van der Waals surface area contributed by atoms with Crippen molar-refractivity contribution >= 4 is 0 Å². The van der Waals surface area contributed by atoms with E-state index in [1.54, 1.807) is 0 Å². The fourth-order valence-corrected chi connectivity index (χ4v) is 3.25. The smallest absolute Gasteiger partial charge is 0.00487 e. The number of rotatable bonds is 2. The molecule has 70 valence electrons. The summed E-state index contributed by atoms with van der Waals surface area (Å²) >= 11 is 0. The van der Waals surface area contributed by atoms with Crippen LogP contribution in [0.3, 0.4) is 0 Å². The molecule has 0 bridgehead atoms. The lowest BCUT2D eigenvalue weighted by atomic mass is 9.99. The van der Waals surface area contributed by atoms with Crippen molar-refractivity contribution in [2.45, 2.75) is 25.7 Å². The highest BCUT2D eigenvalue weighted by Gasteiger charge is 2.40. The SMILES string of the molecule is NCC1CC2CC(CN)CC2C1. The third kappa shape index (κ3) is 1.38. The van der Waals surface area contributed by atoms with Gasteiger partial charge in [0.15, 0.2) is 0 Å². The number of hydrogen-bond donors (Lipinski definition) is 2. The average Bonchev–Trinajstić information content (AvgIpc) is 2.59. The van der Waals surface area contributed by atoms with Gasteiger partial charge in [-0.05, 0) is 62.4 Å². The molecule has 2 fully saturated rings. The van der Waals surface area contributed by atoms with Crippen LogP contribution in [0.5, 0.6) is 0 Å². The second kappa shape index (κ2) is 3.35. The predicted octanol–water partition coefficient (Wildman–Crippen LogP) is 0.956. The van der Waals surface area contributed by atoms with E-state index >= 15 is 0 Å². The van der Waals surface area contributed by atoms with E-state index in [4.69, 9.17) is 11.5 Å². The van der Waals surface area contributed by atoms with Crippen molar-refractivity contribution in [2.75, 3.05) is 13.1 Å².